The van der Waals surface area contributed by atoms with Crippen molar-refractivity contribution in [3.63, 3.8) is 0 Å². The first-order chi connectivity index (χ1) is 9.83. The third-order valence-corrected chi connectivity index (χ3v) is 2.75. The first-order valence-electron chi connectivity index (χ1n) is 6.28. The molecule has 0 heterocycles. The van der Waals surface area contributed by atoms with Crippen molar-refractivity contribution >= 4 is 17.5 Å². The van der Waals surface area contributed by atoms with Gasteiger partial charge in [0.25, 0.3) is 5.91 Å². The molecule has 0 aliphatic heterocycles. The van der Waals surface area contributed by atoms with E-state index in [1.807, 2.05) is 6.92 Å². The van der Waals surface area contributed by atoms with E-state index >= 15 is 0 Å². The highest BCUT2D eigenvalue weighted by molar-refractivity contribution is 6.32. The molecule has 4 nitrogen and oxygen atoms in total. The maximum absolute atomic E-state index is 12.0. The number of amides is 1. The lowest BCUT2D eigenvalue weighted by molar-refractivity contribution is -0.139. The molecule has 0 bridgehead atoms. The lowest BCUT2D eigenvalue weighted by atomic mass is 10.2. The monoisotopic (exact) mass is 324 g/mol. The molecule has 0 radical (unpaired) electrons. The minimum absolute atomic E-state index is 0.294. The van der Waals surface area contributed by atoms with Crippen molar-refractivity contribution in [1.29, 1.82) is 0 Å². The molecule has 0 aliphatic rings. The topological polar surface area (TPSA) is 50.4 Å². The van der Waals surface area contributed by atoms with Crippen molar-refractivity contribution in [2.45, 2.75) is 19.6 Å². The molecule has 8 heteroatoms. The minimum Gasteiger partial charge on any atom is -0.482 e. The first-order valence-corrected chi connectivity index (χ1v) is 6.65. The summed E-state index contributed by atoms with van der Waals surface area (Å²) in [6.07, 6.45) is -4.45. The van der Waals surface area contributed by atoms with Crippen LogP contribution in [0, 0.1) is 0 Å². The summed E-state index contributed by atoms with van der Waals surface area (Å²) in [6, 6.07) is 5.07. The normalized spacial score (nSPS) is 11.3. The quantitative estimate of drug-likeness (QED) is 0.810. The third kappa shape index (κ3) is 6.68. The maximum atomic E-state index is 12.0. The molecule has 2 N–H and O–H groups in total. The van der Waals surface area contributed by atoms with Gasteiger partial charge in [-0.25, -0.2) is 0 Å². The van der Waals surface area contributed by atoms with Gasteiger partial charge in [-0.05, 0) is 12.6 Å². The number of nitrogens with one attached hydrogen (secondary N) is 2. The average Bonchev–Trinajstić information content (AvgIpc) is 2.41. The summed E-state index contributed by atoms with van der Waals surface area (Å²) in [6.45, 7) is 1.23. The lowest BCUT2D eigenvalue weighted by Crippen LogP contribution is -2.36. The van der Waals surface area contributed by atoms with Gasteiger partial charge in [0.15, 0.2) is 6.61 Å². The van der Waals surface area contributed by atoms with Crippen molar-refractivity contribution < 1.29 is 22.7 Å². The zero-order chi connectivity index (χ0) is 15.9. The van der Waals surface area contributed by atoms with Crippen LogP contribution < -0.4 is 15.4 Å². The number of hydrogen-bond acceptors (Lipinski definition) is 3. The molecular weight excluding hydrogens is 309 g/mol. The number of benzene rings is 1. The van der Waals surface area contributed by atoms with Crippen molar-refractivity contribution in [2.75, 3.05) is 19.7 Å². The Bertz CT molecular complexity index is 481. The summed E-state index contributed by atoms with van der Waals surface area (Å²) in [4.78, 5) is 11.3. The van der Waals surface area contributed by atoms with Gasteiger partial charge in [0.1, 0.15) is 12.3 Å². The van der Waals surface area contributed by atoms with Gasteiger partial charge in [-0.15, -0.1) is 0 Å². The number of carbonyl (C=O) groups is 1. The molecule has 21 heavy (non-hydrogen) atoms. The number of hydrogen-bond donors (Lipinski definition) is 2. The van der Waals surface area contributed by atoms with Gasteiger partial charge in [0.05, 0.1) is 5.02 Å². The van der Waals surface area contributed by atoms with Gasteiger partial charge in [0.2, 0.25) is 0 Å². The predicted molar refractivity (Wildman–Crippen MR) is 73.4 cm³/mol. The largest absolute Gasteiger partial charge is 0.482 e. The van der Waals surface area contributed by atoms with Crippen molar-refractivity contribution in [3.8, 4) is 5.75 Å². The highest BCUT2D eigenvalue weighted by atomic mass is 35.5. The zero-order valence-electron chi connectivity index (χ0n) is 11.4. The number of halogens is 4. The number of para-hydroxylation sites is 1. The van der Waals surface area contributed by atoms with E-state index in [0.717, 1.165) is 12.1 Å². The van der Waals surface area contributed by atoms with Gasteiger partial charge in [-0.2, -0.15) is 13.2 Å². The molecule has 1 aromatic carbocycles. The van der Waals surface area contributed by atoms with Gasteiger partial charge in [-0.3, -0.25) is 4.79 Å². The van der Waals surface area contributed by atoms with Crippen molar-refractivity contribution in [3.05, 3.63) is 28.8 Å². The standard InChI is InChI=1S/C13H16ClF3N2O2/c1-2-18-6-9-4-3-5-10(14)12(9)21-7-11(20)19-8-13(15,16)17/h3-5,18H,2,6-8H2,1H3,(H,19,20). The van der Waals surface area contributed by atoms with E-state index < -0.39 is 25.2 Å². The van der Waals surface area contributed by atoms with Crippen LogP contribution in [0.25, 0.3) is 0 Å². The van der Waals surface area contributed by atoms with Crippen LogP contribution in [0.2, 0.25) is 5.02 Å². The van der Waals surface area contributed by atoms with E-state index in [0.29, 0.717) is 17.3 Å². The Labute approximate surface area is 125 Å². The molecule has 1 amide bonds. The summed E-state index contributed by atoms with van der Waals surface area (Å²) in [5.41, 5.74) is 0.730. The number of rotatable bonds is 7. The molecule has 1 aromatic rings. The molecule has 0 saturated carbocycles. The van der Waals surface area contributed by atoms with Crippen LogP contribution in [-0.4, -0.2) is 31.8 Å². The minimum atomic E-state index is -4.45. The van der Waals surface area contributed by atoms with Gasteiger partial charge in [0, 0.05) is 12.1 Å². The Morgan fingerprint density at radius 2 is 2.10 bits per heavy atom. The fraction of sp³-hybridized carbons (Fsp3) is 0.462. The summed E-state index contributed by atoms with van der Waals surface area (Å²) in [7, 11) is 0. The van der Waals surface area contributed by atoms with Gasteiger partial charge >= 0.3 is 6.18 Å². The maximum Gasteiger partial charge on any atom is 0.405 e. The number of ether oxygens (including phenoxy) is 1. The fourth-order valence-corrected chi connectivity index (χ4v) is 1.75. The number of carbonyl (C=O) groups excluding carboxylic acids is 1. The molecule has 0 aliphatic carbocycles. The molecule has 0 atom stereocenters. The molecule has 0 unspecified atom stereocenters. The Balaban J connectivity index is 2.59. The van der Waals surface area contributed by atoms with E-state index in [-0.39, 0.29) is 0 Å². The summed E-state index contributed by atoms with van der Waals surface area (Å²) < 4.78 is 41.1. The fourth-order valence-electron chi connectivity index (χ4n) is 1.50. The van der Waals surface area contributed by atoms with Crippen LogP contribution in [0.4, 0.5) is 13.2 Å². The molecule has 0 spiro atoms. The third-order valence-electron chi connectivity index (χ3n) is 2.45. The van der Waals surface area contributed by atoms with Gasteiger partial charge < -0.3 is 15.4 Å². The average molecular weight is 325 g/mol. The molecule has 1 rings (SSSR count). The second-order valence-electron chi connectivity index (χ2n) is 4.19. The lowest BCUT2D eigenvalue weighted by Gasteiger charge is -2.14. The van der Waals surface area contributed by atoms with Crippen LogP contribution in [0.1, 0.15) is 12.5 Å². The zero-order valence-corrected chi connectivity index (χ0v) is 12.1. The van der Waals surface area contributed by atoms with E-state index in [4.69, 9.17) is 16.3 Å². The summed E-state index contributed by atoms with van der Waals surface area (Å²) >= 11 is 5.98. The highest BCUT2D eigenvalue weighted by Crippen LogP contribution is 2.28. The van der Waals surface area contributed by atoms with Crippen LogP contribution in [-0.2, 0) is 11.3 Å². The smallest absolute Gasteiger partial charge is 0.405 e. The van der Waals surface area contributed by atoms with E-state index in [1.54, 1.807) is 23.5 Å². The van der Waals surface area contributed by atoms with Gasteiger partial charge in [-0.1, -0.05) is 30.7 Å². The highest BCUT2D eigenvalue weighted by Gasteiger charge is 2.27. The Hall–Kier alpha value is -1.47. The van der Waals surface area contributed by atoms with Crippen LogP contribution in [0.15, 0.2) is 18.2 Å². The Morgan fingerprint density at radius 3 is 2.71 bits per heavy atom. The van der Waals surface area contributed by atoms with Crippen LogP contribution in [0.3, 0.4) is 0 Å². The Morgan fingerprint density at radius 1 is 1.38 bits per heavy atom. The first kappa shape index (κ1) is 17.6. The molecule has 0 aromatic heterocycles. The Kier molecular flexibility index (Phi) is 6.77. The summed E-state index contributed by atoms with van der Waals surface area (Å²) in [5.74, 6) is -0.566. The summed E-state index contributed by atoms with van der Waals surface area (Å²) in [5, 5.41) is 5.10. The number of alkyl halides is 3. The van der Waals surface area contributed by atoms with E-state index in [1.165, 1.54) is 0 Å². The second kappa shape index (κ2) is 8.09. The van der Waals surface area contributed by atoms with Crippen LogP contribution in [0.5, 0.6) is 5.75 Å². The van der Waals surface area contributed by atoms with Crippen LogP contribution >= 0.6 is 11.6 Å². The predicted octanol–water partition coefficient (Wildman–Crippen LogP) is 2.51. The van der Waals surface area contributed by atoms with Crippen molar-refractivity contribution in [1.82, 2.24) is 10.6 Å². The molecular formula is C13H16ClF3N2O2. The second-order valence-corrected chi connectivity index (χ2v) is 4.60. The van der Waals surface area contributed by atoms with E-state index in [2.05, 4.69) is 5.32 Å². The molecule has 118 valence electrons. The molecule has 0 saturated heterocycles. The van der Waals surface area contributed by atoms with Crippen molar-refractivity contribution in [2.24, 2.45) is 0 Å². The van der Waals surface area contributed by atoms with E-state index in [9.17, 15) is 18.0 Å². The SMILES string of the molecule is CCNCc1cccc(Cl)c1OCC(=O)NCC(F)(F)F. The molecule has 0 fully saturated rings.